The molecular weight excluding hydrogens is 387 g/mol. The summed E-state index contributed by atoms with van der Waals surface area (Å²) in [5.74, 6) is -0.121. The molecule has 0 saturated carbocycles. The van der Waals surface area contributed by atoms with E-state index in [2.05, 4.69) is 65.7 Å². The maximum atomic E-state index is 13.9. The number of piperidine rings is 1. The number of likely N-dealkylation sites (tertiary alicyclic amines) is 1. The molecule has 3 aromatic carbocycles. The Bertz CT molecular complexity index is 1020. The van der Waals surface area contributed by atoms with Crippen LogP contribution < -0.4 is 5.32 Å². The summed E-state index contributed by atoms with van der Waals surface area (Å²) in [5, 5.41) is 2.97. The van der Waals surface area contributed by atoms with E-state index < -0.39 is 0 Å². The van der Waals surface area contributed by atoms with Crippen molar-refractivity contribution in [3.05, 3.63) is 107 Å². The first-order valence-corrected chi connectivity index (χ1v) is 10.9. The van der Waals surface area contributed by atoms with Gasteiger partial charge >= 0.3 is 0 Å². The summed E-state index contributed by atoms with van der Waals surface area (Å²) in [5.41, 5.74) is 4.28. The number of nitrogens with zero attached hydrogens (tertiary/aromatic N) is 1. The lowest BCUT2D eigenvalue weighted by Crippen LogP contribution is -2.45. The molecule has 1 saturated heterocycles. The molecular formula is C27H29FN2O. The van der Waals surface area contributed by atoms with Crippen LogP contribution in [0.15, 0.2) is 78.9 Å². The predicted molar refractivity (Wildman–Crippen MR) is 122 cm³/mol. The van der Waals surface area contributed by atoms with E-state index in [1.807, 2.05) is 6.07 Å². The molecule has 160 valence electrons. The fourth-order valence-corrected chi connectivity index (χ4v) is 4.49. The fraction of sp³-hybridized carbons (Fsp3) is 0.296. The fourth-order valence-electron chi connectivity index (χ4n) is 4.49. The number of benzene rings is 3. The van der Waals surface area contributed by atoms with Crippen molar-refractivity contribution in [2.75, 3.05) is 13.1 Å². The summed E-state index contributed by atoms with van der Waals surface area (Å²) in [6.45, 7) is 4.78. The van der Waals surface area contributed by atoms with Crippen LogP contribution in [0, 0.1) is 18.7 Å². The highest BCUT2D eigenvalue weighted by molar-refractivity contribution is 5.79. The number of carbonyl (C=O) groups is 1. The summed E-state index contributed by atoms with van der Waals surface area (Å²) in [4.78, 5) is 15.4. The van der Waals surface area contributed by atoms with Crippen LogP contribution in [-0.2, 0) is 17.9 Å². The average molecular weight is 417 g/mol. The van der Waals surface area contributed by atoms with E-state index in [0.29, 0.717) is 18.0 Å². The van der Waals surface area contributed by atoms with Gasteiger partial charge in [-0.1, -0.05) is 78.4 Å². The summed E-state index contributed by atoms with van der Waals surface area (Å²) < 4.78 is 13.9. The number of carbonyl (C=O) groups excluding carboxylic acids is 1. The molecule has 0 radical (unpaired) electrons. The van der Waals surface area contributed by atoms with Crippen LogP contribution in [-0.4, -0.2) is 23.9 Å². The van der Waals surface area contributed by atoms with Gasteiger partial charge in [-0.2, -0.15) is 0 Å². The minimum atomic E-state index is -0.283. The standard InChI is InChI=1S/C27H29FN2O/c1-20-8-7-12-22(14-20)24-15-25(19-30(18-24)17-21-9-3-2-4-10-21)27(31)29-16-23-11-5-6-13-26(23)28/h2-14,24-25H,15-19H2,1H3,(H,29,31). The number of nitrogens with one attached hydrogen (secondary N) is 1. The largest absolute Gasteiger partial charge is 0.352 e. The number of hydrogen-bond acceptors (Lipinski definition) is 2. The van der Waals surface area contributed by atoms with Crippen molar-refractivity contribution < 1.29 is 9.18 Å². The van der Waals surface area contributed by atoms with Crippen molar-refractivity contribution >= 4 is 5.91 Å². The molecule has 1 amide bonds. The van der Waals surface area contributed by atoms with E-state index in [-0.39, 0.29) is 24.2 Å². The molecule has 3 nitrogen and oxygen atoms in total. The molecule has 2 unspecified atom stereocenters. The monoisotopic (exact) mass is 416 g/mol. The second-order valence-electron chi connectivity index (χ2n) is 8.53. The van der Waals surface area contributed by atoms with Crippen LogP contribution in [0.4, 0.5) is 4.39 Å². The van der Waals surface area contributed by atoms with Crippen LogP contribution in [0.2, 0.25) is 0 Å². The van der Waals surface area contributed by atoms with Gasteiger partial charge in [0.05, 0.1) is 5.92 Å². The number of rotatable bonds is 6. The Balaban J connectivity index is 1.49. The molecule has 1 heterocycles. The van der Waals surface area contributed by atoms with Crippen molar-refractivity contribution in [3.8, 4) is 0 Å². The Kier molecular flexibility index (Phi) is 6.78. The molecule has 0 spiro atoms. The Morgan fingerprint density at radius 1 is 1.00 bits per heavy atom. The van der Waals surface area contributed by atoms with Gasteiger partial charge in [0.25, 0.3) is 0 Å². The molecule has 2 atom stereocenters. The average Bonchev–Trinajstić information content (AvgIpc) is 2.79. The van der Waals surface area contributed by atoms with Crippen molar-refractivity contribution in [3.63, 3.8) is 0 Å². The van der Waals surface area contributed by atoms with Crippen molar-refractivity contribution in [1.29, 1.82) is 0 Å². The van der Waals surface area contributed by atoms with E-state index in [1.54, 1.807) is 18.2 Å². The minimum absolute atomic E-state index is 0.00123. The van der Waals surface area contributed by atoms with Gasteiger partial charge in [0.1, 0.15) is 5.82 Å². The lowest BCUT2D eigenvalue weighted by Gasteiger charge is -2.37. The smallest absolute Gasteiger partial charge is 0.224 e. The third kappa shape index (κ3) is 5.59. The van der Waals surface area contributed by atoms with E-state index in [1.165, 1.54) is 22.8 Å². The van der Waals surface area contributed by atoms with Gasteiger partial charge in [0, 0.05) is 31.7 Å². The van der Waals surface area contributed by atoms with Gasteiger partial charge in [0.2, 0.25) is 5.91 Å². The lowest BCUT2D eigenvalue weighted by atomic mass is 9.83. The lowest BCUT2D eigenvalue weighted by molar-refractivity contribution is -0.127. The van der Waals surface area contributed by atoms with Crippen molar-refractivity contribution in [1.82, 2.24) is 10.2 Å². The van der Waals surface area contributed by atoms with Crippen LogP contribution in [0.3, 0.4) is 0 Å². The first kappa shape index (κ1) is 21.3. The molecule has 0 aromatic heterocycles. The summed E-state index contributed by atoms with van der Waals surface area (Å²) >= 11 is 0. The molecule has 1 aliphatic rings. The van der Waals surface area contributed by atoms with E-state index in [4.69, 9.17) is 0 Å². The van der Waals surface area contributed by atoms with Gasteiger partial charge < -0.3 is 5.32 Å². The highest BCUT2D eigenvalue weighted by Gasteiger charge is 2.32. The number of hydrogen-bond donors (Lipinski definition) is 1. The van der Waals surface area contributed by atoms with Crippen molar-refractivity contribution in [2.45, 2.75) is 32.4 Å². The Morgan fingerprint density at radius 3 is 2.55 bits per heavy atom. The minimum Gasteiger partial charge on any atom is -0.352 e. The number of aryl methyl sites for hydroxylation is 1. The number of amides is 1. The zero-order chi connectivity index (χ0) is 21.6. The zero-order valence-corrected chi connectivity index (χ0v) is 17.9. The highest BCUT2D eigenvalue weighted by Crippen LogP contribution is 2.32. The van der Waals surface area contributed by atoms with Gasteiger partial charge in [-0.05, 0) is 36.5 Å². The molecule has 0 bridgehead atoms. The first-order valence-electron chi connectivity index (χ1n) is 10.9. The summed E-state index contributed by atoms with van der Waals surface area (Å²) in [6.07, 6.45) is 0.803. The normalized spacial score (nSPS) is 19.2. The Labute approximate surface area is 183 Å². The van der Waals surface area contributed by atoms with Gasteiger partial charge in [0.15, 0.2) is 0 Å². The van der Waals surface area contributed by atoms with E-state index >= 15 is 0 Å². The molecule has 3 aromatic rings. The number of halogens is 1. The molecule has 4 rings (SSSR count). The second kappa shape index (κ2) is 9.88. The first-order chi connectivity index (χ1) is 15.1. The third-order valence-electron chi connectivity index (χ3n) is 6.07. The molecule has 0 aliphatic carbocycles. The van der Waals surface area contributed by atoms with Crippen LogP contribution in [0.5, 0.6) is 0 Å². The van der Waals surface area contributed by atoms with E-state index in [9.17, 15) is 9.18 Å². The zero-order valence-electron chi connectivity index (χ0n) is 17.9. The SMILES string of the molecule is Cc1cccc(C2CC(C(=O)NCc3ccccc3F)CN(Cc3ccccc3)C2)c1. The predicted octanol–water partition coefficient (Wildman–Crippen LogP) is 5.06. The highest BCUT2D eigenvalue weighted by atomic mass is 19.1. The Morgan fingerprint density at radius 2 is 1.77 bits per heavy atom. The van der Waals surface area contributed by atoms with Crippen molar-refractivity contribution in [2.24, 2.45) is 5.92 Å². The summed E-state index contributed by atoms with van der Waals surface area (Å²) in [7, 11) is 0. The van der Waals surface area contributed by atoms with Crippen LogP contribution in [0.25, 0.3) is 0 Å². The second-order valence-corrected chi connectivity index (χ2v) is 8.53. The third-order valence-corrected chi connectivity index (χ3v) is 6.07. The maximum Gasteiger partial charge on any atom is 0.224 e. The molecule has 4 heteroatoms. The molecule has 1 fully saturated rings. The van der Waals surface area contributed by atoms with Gasteiger partial charge in [-0.15, -0.1) is 0 Å². The van der Waals surface area contributed by atoms with Crippen LogP contribution in [0.1, 0.15) is 34.6 Å². The molecule has 1 aliphatic heterocycles. The van der Waals surface area contributed by atoms with Gasteiger partial charge in [-0.25, -0.2) is 4.39 Å². The van der Waals surface area contributed by atoms with E-state index in [0.717, 1.165) is 19.5 Å². The molecule has 31 heavy (non-hydrogen) atoms. The maximum absolute atomic E-state index is 13.9. The molecule has 1 N–H and O–H groups in total. The van der Waals surface area contributed by atoms with Crippen LogP contribution >= 0.6 is 0 Å². The Hall–Kier alpha value is -2.98. The van der Waals surface area contributed by atoms with Gasteiger partial charge in [-0.3, -0.25) is 9.69 Å². The summed E-state index contributed by atoms with van der Waals surface area (Å²) in [6, 6.07) is 25.6. The topological polar surface area (TPSA) is 32.3 Å². The quantitative estimate of drug-likeness (QED) is 0.609.